The van der Waals surface area contributed by atoms with Crippen LogP contribution in [0.5, 0.6) is 0 Å². The maximum atomic E-state index is 12.1. The molecule has 0 amide bonds. The maximum Gasteiger partial charge on any atom is 0.259 e. The van der Waals surface area contributed by atoms with E-state index in [-0.39, 0.29) is 11.6 Å². The molecule has 2 heterocycles. The molecular weight excluding hydrogens is 321 g/mol. The largest absolute Gasteiger partial charge is 0.363 e. The second kappa shape index (κ2) is 5.99. The summed E-state index contributed by atoms with van der Waals surface area (Å²) in [7, 11) is 0. The van der Waals surface area contributed by atoms with Gasteiger partial charge in [-0.15, -0.1) is 0 Å². The van der Waals surface area contributed by atoms with Gasteiger partial charge in [-0.05, 0) is 36.8 Å². The lowest BCUT2D eigenvalue weighted by atomic mass is 10.1. The van der Waals surface area contributed by atoms with Gasteiger partial charge in [-0.2, -0.15) is 0 Å². The van der Waals surface area contributed by atoms with Gasteiger partial charge in [0.15, 0.2) is 0 Å². The van der Waals surface area contributed by atoms with Crippen molar-refractivity contribution in [1.82, 2.24) is 9.38 Å². The molecule has 0 fully saturated rings. The zero-order valence-corrected chi connectivity index (χ0v) is 13.3. The van der Waals surface area contributed by atoms with Crippen LogP contribution < -0.4 is 10.9 Å². The number of nitrogens with one attached hydrogen (secondary N) is 1. The molecule has 4 nitrogen and oxygen atoms in total. The van der Waals surface area contributed by atoms with Gasteiger partial charge in [0.05, 0.1) is 6.04 Å². The normalized spacial score (nSPS) is 12.3. The minimum absolute atomic E-state index is 0.108. The van der Waals surface area contributed by atoms with E-state index in [1.54, 1.807) is 30.5 Å². The topological polar surface area (TPSA) is 46.4 Å². The minimum Gasteiger partial charge on any atom is -0.363 e. The molecule has 1 N–H and O–H groups in total. The van der Waals surface area contributed by atoms with Crippen LogP contribution in [0.1, 0.15) is 18.5 Å². The standard InChI is InChI=1S/C16H13Cl2N3O/c1-10(12-6-5-11(17)8-13(12)18)19-14-9-16(22)21-7-3-2-4-15(21)20-14/h2-10,19H,1H3/t10-/m0/s1. The van der Waals surface area contributed by atoms with Crippen LogP contribution in [0.15, 0.2) is 53.5 Å². The number of aromatic nitrogens is 2. The first-order chi connectivity index (χ1) is 10.5. The molecule has 0 saturated carbocycles. The molecule has 2 aromatic heterocycles. The van der Waals surface area contributed by atoms with Crippen molar-refractivity contribution in [3.8, 4) is 0 Å². The molecule has 22 heavy (non-hydrogen) atoms. The summed E-state index contributed by atoms with van der Waals surface area (Å²) in [4.78, 5) is 16.5. The molecule has 0 bridgehead atoms. The van der Waals surface area contributed by atoms with Crippen LogP contribution in [-0.2, 0) is 0 Å². The number of pyridine rings is 1. The average molecular weight is 334 g/mol. The van der Waals surface area contributed by atoms with Crippen molar-refractivity contribution in [2.75, 3.05) is 5.32 Å². The summed E-state index contributed by atoms with van der Waals surface area (Å²) >= 11 is 12.1. The predicted octanol–water partition coefficient (Wildman–Crippen LogP) is 4.17. The zero-order chi connectivity index (χ0) is 15.7. The highest BCUT2D eigenvalue weighted by Crippen LogP contribution is 2.27. The fourth-order valence-corrected chi connectivity index (χ4v) is 2.85. The smallest absolute Gasteiger partial charge is 0.259 e. The van der Waals surface area contributed by atoms with Gasteiger partial charge < -0.3 is 5.32 Å². The Morgan fingerprint density at radius 2 is 2.00 bits per heavy atom. The quantitative estimate of drug-likeness (QED) is 0.782. The molecule has 3 rings (SSSR count). The lowest BCUT2D eigenvalue weighted by Crippen LogP contribution is -2.17. The van der Waals surface area contributed by atoms with E-state index in [0.29, 0.717) is 21.5 Å². The second-order valence-corrected chi connectivity index (χ2v) is 5.78. The van der Waals surface area contributed by atoms with Crippen LogP contribution in [0.2, 0.25) is 10.0 Å². The van der Waals surface area contributed by atoms with Crippen molar-refractivity contribution >= 4 is 34.7 Å². The number of halogens is 2. The van der Waals surface area contributed by atoms with Gasteiger partial charge in [-0.25, -0.2) is 4.98 Å². The van der Waals surface area contributed by atoms with E-state index in [9.17, 15) is 4.79 Å². The Morgan fingerprint density at radius 3 is 2.77 bits per heavy atom. The molecule has 6 heteroatoms. The summed E-state index contributed by atoms with van der Waals surface area (Å²) < 4.78 is 1.49. The zero-order valence-electron chi connectivity index (χ0n) is 11.8. The molecule has 0 aliphatic carbocycles. The van der Waals surface area contributed by atoms with Gasteiger partial charge in [0, 0.05) is 22.3 Å². The van der Waals surface area contributed by atoms with Crippen molar-refractivity contribution < 1.29 is 0 Å². The number of hydrogen-bond donors (Lipinski definition) is 1. The fourth-order valence-electron chi connectivity index (χ4n) is 2.28. The van der Waals surface area contributed by atoms with E-state index in [4.69, 9.17) is 23.2 Å². The van der Waals surface area contributed by atoms with E-state index in [2.05, 4.69) is 10.3 Å². The summed E-state index contributed by atoms with van der Waals surface area (Å²) in [6.45, 7) is 1.95. The van der Waals surface area contributed by atoms with E-state index in [1.807, 2.05) is 19.1 Å². The Morgan fingerprint density at radius 1 is 1.18 bits per heavy atom. The van der Waals surface area contributed by atoms with Gasteiger partial charge in [0.2, 0.25) is 0 Å². The van der Waals surface area contributed by atoms with Crippen molar-refractivity contribution in [2.24, 2.45) is 0 Å². The molecule has 3 aromatic rings. The summed E-state index contributed by atoms with van der Waals surface area (Å²) in [5, 5.41) is 4.36. The first kappa shape index (κ1) is 14.9. The number of nitrogens with zero attached hydrogens (tertiary/aromatic N) is 2. The van der Waals surface area contributed by atoms with Gasteiger partial charge in [0.1, 0.15) is 11.5 Å². The SMILES string of the molecule is C[C@H](Nc1cc(=O)n2ccccc2n1)c1ccc(Cl)cc1Cl. The molecule has 0 saturated heterocycles. The van der Waals surface area contributed by atoms with E-state index >= 15 is 0 Å². The molecule has 0 radical (unpaired) electrons. The Bertz CT molecular complexity index is 892. The van der Waals surface area contributed by atoms with Gasteiger partial charge >= 0.3 is 0 Å². The molecule has 0 unspecified atom stereocenters. The summed E-state index contributed by atoms with van der Waals surface area (Å²) in [5.74, 6) is 0.509. The van der Waals surface area contributed by atoms with Crippen molar-refractivity contribution in [3.05, 3.63) is 74.6 Å². The molecule has 0 aliphatic rings. The molecule has 1 aromatic carbocycles. The first-order valence-electron chi connectivity index (χ1n) is 6.74. The third-order valence-corrected chi connectivity index (χ3v) is 3.93. The Kier molecular flexibility index (Phi) is 4.05. The molecule has 1 atom stereocenters. The number of benzene rings is 1. The molecular formula is C16H13Cl2N3O. The number of hydrogen-bond acceptors (Lipinski definition) is 3. The monoisotopic (exact) mass is 333 g/mol. The van der Waals surface area contributed by atoms with Crippen LogP contribution in [0.25, 0.3) is 5.65 Å². The maximum absolute atomic E-state index is 12.1. The lowest BCUT2D eigenvalue weighted by Gasteiger charge is -2.16. The van der Waals surface area contributed by atoms with Crippen molar-refractivity contribution in [2.45, 2.75) is 13.0 Å². The first-order valence-corrected chi connectivity index (χ1v) is 7.50. The summed E-state index contributed by atoms with van der Waals surface area (Å²) in [6, 6.07) is 12.1. The fraction of sp³-hybridized carbons (Fsp3) is 0.125. The minimum atomic E-state index is -0.137. The predicted molar refractivity (Wildman–Crippen MR) is 90.0 cm³/mol. The second-order valence-electron chi connectivity index (χ2n) is 4.94. The molecule has 0 spiro atoms. The van der Waals surface area contributed by atoms with Gasteiger partial charge in [0.25, 0.3) is 5.56 Å². The molecule has 112 valence electrons. The van der Waals surface area contributed by atoms with Crippen molar-refractivity contribution in [1.29, 1.82) is 0 Å². The number of rotatable bonds is 3. The van der Waals surface area contributed by atoms with Crippen LogP contribution in [0.3, 0.4) is 0 Å². The van der Waals surface area contributed by atoms with Crippen LogP contribution in [0, 0.1) is 0 Å². The van der Waals surface area contributed by atoms with Crippen LogP contribution in [-0.4, -0.2) is 9.38 Å². The van der Waals surface area contributed by atoms with E-state index < -0.39 is 0 Å². The molecule has 0 aliphatic heterocycles. The summed E-state index contributed by atoms with van der Waals surface area (Å²) in [6.07, 6.45) is 1.69. The Labute approximate surface area is 137 Å². The van der Waals surface area contributed by atoms with Crippen LogP contribution in [0.4, 0.5) is 5.82 Å². The summed E-state index contributed by atoms with van der Waals surface area (Å²) in [5.41, 5.74) is 1.34. The average Bonchev–Trinajstić information content (AvgIpc) is 2.47. The lowest BCUT2D eigenvalue weighted by molar-refractivity contribution is 0.871. The third kappa shape index (κ3) is 2.93. The highest BCUT2D eigenvalue weighted by atomic mass is 35.5. The number of fused-ring (bicyclic) bond motifs is 1. The highest BCUT2D eigenvalue weighted by Gasteiger charge is 2.11. The highest BCUT2D eigenvalue weighted by molar-refractivity contribution is 6.35. The Hall–Kier alpha value is -2.04. The van der Waals surface area contributed by atoms with E-state index in [0.717, 1.165) is 5.56 Å². The third-order valence-electron chi connectivity index (χ3n) is 3.36. The van der Waals surface area contributed by atoms with Crippen molar-refractivity contribution in [3.63, 3.8) is 0 Å². The number of anilines is 1. The van der Waals surface area contributed by atoms with Gasteiger partial charge in [-0.1, -0.05) is 35.3 Å². The Balaban J connectivity index is 1.94. The van der Waals surface area contributed by atoms with E-state index in [1.165, 1.54) is 10.5 Å². The van der Waals surface area contributed by atoms with Crippen LogP contribution >= 0.6 is 23.2 Å². The van der Waals surface area contributed by atoms with Gasteiger partial charge in [-0.3, -0.25) is 9.20 Å².